The van der Waals surface area contributed by atoms with E-state index in [4.69, 9.17) is 14.2 Å². The smallest absolute Gasteiger partial charge is 0.254 e. The van der Waals surface area contributed by atoms with E-state index in [1.165, 1.54) is 6.08 Å². The van der Waals surface area contributed by atoms with E-state index in [0.717, 1.165) is 11.1 Å². The standard InChI is InChI=1S/C25H30N2O5/c1-4-31-22-11-9-19(17-23(22)32-5-2)10-12-24(28)26-21-8-6-7-20(18(21)3)25(29)27-13-15-30-16-14-27/h6-12,17H,4-5,13-16H2,1-3H3,(H,26,28)/b12-10+. The summed E-state index contributed by atoms with van der Waals surface area (Å²) < 4.78 is 16.5. The molecule has 0 aliphatic carbocycles. The Bertz CT molecular complexity index is 980. The molecule has 1 N–H and O–H groups in total. The van der Waals surface area contributed by atoms with Gasteiger partial charge in [0.05, 0.1) is 26.4 Å². The van der Waals surface area contributed by atoms with Crippen molar-refractivity contribution in [3.05, 3.63) is 59.2 Å². The summed E-state index contributed by atoms with van der Waals surface area (Å²) in [6.07, 6.45) is 3.17. The predicted octanol–water partition coefficient (Wildman–Crippen LogP) is 3.92. The Morgan fingerprint density at radius 2 is 1.78 bits per heavy atom. The summed E-state index contributed by atoms with van der Waals surface area (Å²) in [5, 5.41) is 2.87. The highest BCUT2D eigenvalue weighted by molar-refractivity contribution is 6.04. The number of rotatable bonds is 8. The number of benzene rings is 2. The van der Waals surface area contributed by atoms with E-state index in [1.54, 1.807) is 29.2 Å². The lowest BCUT2D eigenvalue weighted by Crippen LogP contribution is -2.41. The minimum Gasteiger partial charge on any atom is -0.490 e. The lowest BCUT2D eigenvalue weighted by atomic mass is 10.0. The summed E-state index contributed by atoms with van der Waals surface area (Å²) in [6.45, 7) is 8.97. The molecule has 1 heterocycles. The highest BCUT2D eigenvalue weighted by Crippen LogP contribution is 2.29. The second-order valence-electron chi connectivity index (χ2n) is 7.28. The molecule has 2 aromatic carbocycles. The van der Waals surface area contributed by atoms with Crippen LogP contribution in [0, 0.1) is 6.92 Å². The first-order chi connectivity index (χ1) is 15.5. The Kier molecular flexibility index (Phi) is 8.27. The van der Waals surface area contributed by atoms with Gasteiger partial charge in [-0.2, -0.15) is 0 Å². The quantitative estimate of drug-likeness (QED) is 0.632. The number of amides is 2. The normalized spacial score (nSPS) is 13.8. The molecule has 1 aliphatic heterocycles. The van der Waals surface area contributed by atoms with Gasteiger partial charge in [0.25, 0.3) is 5.91 Å². The summed E-state index contributed by atoms with van der Waals surface area (Å²) >= 11 is 0. The van der Waals surface area contributed by atoms with Crippen LogP contribution < -0.4 is 14.8 Å². The van der Waals surface area contributed by atoms with Crippen molar-refractivity contribution >= 4 is 23.6 Å². The fraction of sp³-hybridized carbons (Fsp3) is 0.360. The number of nitrogens with zero attached hydrogens (tertiary/aromatic N) is 1. The second kappa shape index (κ2) is 11.3. The number of anilines is 1. The largest absolute Gasteiger partial charge is 0.490 e. The monoisotopic (exact) mass is 438 g/mol. The van der Waals surface area contributed by atoms with Crippen LogP contribution >= 0.6 is 0 Å². The van der Waals surface area contributed by atoms with Gasteiger partial charge in [-0.05, 0) is 62.2 Å². The van der Waals surface area contributed by atoms with Gasteiger partial charge in [-0.1, -0.05) is 12.1 Å². The lowest BCUT2D eigenvalue weighted by molar-refractivity contribution is -0.111. The van der Waals surface area contributed by atoms with E-state index in [0.29, 0.717) is 62.3 Å². The van der Waals surface area contributed by atoms with Crippen LogP contribution in [0.4, 0.5) is 5.69 Å². The number of hydrogen-bond acceptors (Lipinski definition) is 5. The van der Waals surface area contributed by atoms with E-state index in [9.17, 15) is 9.59 Å². The Morgan fingerprint density at radius 1 is 1.06 bits per heavy atom. The van der Waals surface area contributed by atoms with E-state index in [2.05, 4.69) is 5.32 Å². The number of hydrogen-bond donors (Lipinski definition) is 1. The van der Waals surface area contributed by atoms with E-state index in [1.807, 2.05) is 39.0 Å². The van der Waals surface area contributed by atoms with Gasteiger partial charge in [-0.25, -0.2) is 0 Å². The van der Waals surface area contributed by atoms with Gasteiger partial charge in [0, 0.05) is 30.4 Å². The molecule has 1 aliphatic rings. The molecule has 0 aromatic heterocycles. The van der Waals surface area contributed by atoms with Gasteiger partial charge >= 0.3 is 0 Å². The molecule has 7 heteroatoms. The van der Waals surface area contributed by atoms with Crippen molar-refractivity contribution in [2.45, 2.75) is 20.8 Å². The fourth-order valence-electron chi connectivity index (χ4n) is 3.46. The fourth-order valence-corrected chi connectivity index (χ4v) is 3.46. The van der Waals surface area contributed by atoms with Crippen LogP contribution in [0.3, 0.4) is 0 Å². The summed E-state index contributed by atoms with van der Waals surface area (Å²) in [6, 6.07) is 10.9. The average Bonchev–Trinajstić information content (AvgIpc) is 2.81. The van der Waals surface area contributed by atoms with Gasteiger partial charge in [-0.3, -0.25) is 9.59 Å². The first-order valence-electron chi connectivity index (χ1n) is 10.9. The zero-order valence-corrected chi connectivity index (χ0v) is 18.8. The Morgan fingerprint density at radius 3 is 2.50 bits per heavy atom. The Labute approximate surface area is 189 Å². The molecule has 0 atom stereocenters. The van der Waals surface area contributed by atoms with Crippen molar-refractivity contribution in [3.63, 3.8) is 0 Å². The highest BCUT2D eigenvalue weighted by atomic mass is 16.5. The SMILES string of the molecule is CCOc1ccc(/C=C/C(=O)Nc2cccc(C(=O)N3CCOCC3)c2C)cc1OCC. The molecule has 170 valence electrons. The third-order valence-corrected chi connectivity index (χ3v) is 5.11. The van der Waals surface area contributed by atoms with Crippen molar-refractivity contribution in [2.75, 3.05) is 44.8 Å². The summed E-state index contributed by atoms with van der Waals surface area (Å²) in [4.78, 5) is 27.2. The minimum absolute atomic E-state index is 0.0460. The lowest BCUT2D eigenvalue weighted by Gasteiger charge is -2.27. The average molecular weight is 439 g/mol. The van der Waals surface area contributed by atoms with E-state index < -0.39 is 0 Å². The van der Waals surface area contributed by atoms with Crippen molar-refractivity contribution < 1.29 is 23.8 Å². The molecule has 0 unspecified atom stereocenters. The maximum Gasteiger partial charge on any atom is 0.254 e. The number of ether oxygens (including phenoxy) is 3. The molecule has 0 radical (unpaired) electrons. The van der Waals surface area contributed by atoms with Crippen molar-refractivity contribution in [1.29, 1.82) is 0 Å². The van der Waals surface area contributed by atoms with Crippen molar-refractivity contribution in [2.24, 2.45) is 0 Å². The molecule has 2 aromatic rings. The second-order valence-corrected chi connectivity index (χ2v) is 7.28. The van der Waals surface area contributed by atoms with Crippen molar-refractivity contribution in [3.8, 4) is 11.5 Å². The number of nitrogens with one attached hydrogen (secondary N) is 1. The van der Waals surface area contributed by atoms with Gasteiger partial charge in [0.1, 0.15) is 0 Å². The third-order valence-electron chi connectivity index (χ3n) is 5.11. The molecule has 1 saturated heterocycles. The Balaban J connectivity index is 1.70. The Hall–Kier alpha value is -3.32. The van der Waals surface area contributed by atoms with Gasteiger partial charge in [-0.15, -0.1) is 0 Å². The highest BCUT2D eigenvalue weighted by Gasteiger charge is 2.21. The molecule has 7 nitrogen and oxygen atoms in total. The predicted molar refractivity (Wildman–Crippen MR) is 124 cm³/mol. The van der Waals surface area contributed by atoms with Crippen LogP contribution in [0.1, 0.15) is 35.3 Å². The zero-order valence-electron chi connectivity index (χ0n) is 18.8. The van der Waals surface area contributed by atoms with Gasteiger partial charge < -0.3 is 24.4 Å². The van der Waals surface area contributed by atoms with Gasteiger partial charge in [0.2, 0.25) is 5.91 Å². The number of carbonyl (C=O) groups excluding carboxylic acids is 2. The van der Waals surface area contributed by atoms with Gasteiger partial charge in [0.15, 0.2) is 11.5 Å². The first-order valence-corrected chi connectivity index (χ1v) is 10.9. The van der Waals surface area contributed by atoms with Crippen LogP contribution in [0.5, 0.6) is 11.5 Å². The van der Waals surface area contributed by atoms with Crippen LogP contribution in [0.15, 0.2) is 42.5 Å². The molecule has 3 rings (SSSR count). The molecular formula is C25H30N2O5. The molecule has 2 amide bonds. The number of carbonyl (C=O) groups is 2. The summed E-state index contributed by atoms with van der Waals surface area (Å²) in [5.74, 6) is 0.988. The molecule has 1 fully saturated rings. The zero-order chi connectivity index (χ0) is 22.9. The molecule has 0 bridgehead atoms. The van der Waals surface area contributed by atoms with E-state index >= 15 is 0 Å². The maximum absolute atomic E-state index is 12.9. The minimum atomic E-state index is -0.282. The van der Waals surface area contributed by atoms with E-state index in [-0.39, 0.29) is 11.8 Å². The molecule has 0 saturated carbocycles. The molecule has 0 spiro atoms. The molecule has 32 heavy (non-hydrogen) atoms. The van der Waals surface area contributed by atoms with Crippen LogP contribution in [-0.4, -0.2) is 56.2 Å². The molecular weight excluding hydrogens is 408 g/mol. The van der Waals surface area contributed by atoms with Crippen LogP contribution in [0.2, 0.25) is 0 Å². The first kappa shape index (κ1) is 23.3. The third kappa shape index (κ3) is 5.88. The summed E-state index contributed by atoms with van der Waals surface area (Å²) in [5.41, 5.74) is 2.76. The number of morpholine rings is 1. The van der Waals surface area contributed by atoms with Crippen molar-refractivity contribution in [1.82, 2.24) is 4.90 Å². The topological polar surface area (TPSA) is 77.1 Å². The maximum atomic E-state index is 12.9. The summed E-state index contributed by atoms with van der Waals surface area (Å²) in [7, 11) is 0. The van der Waals surface area contributed by atoms with Crippen LogP contribution in [-0.2, 0) is 9.53 Å². The van der Waals surface area contributed by atoms with Crippen LogP contribution in [0.25, 0.3) is 6.08 Å².